The van der Waals surface area contributed by atoms with Crippen molar-refractivity contribution in [2.45, 2.75) is 18.8 Å². The minimum atomic E-state index is -3.93. The molecule has 2 aromatic carbocycles. The number of halogens is 3. The number of carbonyl (C=O) groups excluding carboxylic acids is 1. The summed E-state index contributed by atoms with van der Waals surface area (Å²) < 4.78 is 70.8. The van der Waals surface area contributed by atoms with Gasteiger partial charge in [0.1, 0.15) is 17.4 Å². The maximum atomic E-state index is 14.2. The maximum absolute atomic E-state index is 14.2. The second kappa shape index (κ2) is 6.64. The van der Waals surface area contributed by atoms with Gasteiger partial charge in [-0.15, -0.1) is 0 Å². The third-order valence-corrected chi connectivity index (χ3v) is 4.31. The van der Waals surface area contributed by atoms with E-state index in [1.807, 2.05) is 0 Å². The first kappa shape index (κ1) is 18.2. The summed E-state index contributed by atoms with van der Waals surface area (Å²) >= 11 is 0. The summed E-state index contributed by atoms with van der Waals surface area (Å²) in [5.41, 5.74) is -0.217. The van der Waals surface area contributed by atoms with Crippen molar-refractivity contribution < 1.29 is 31.1 Å². The highest BCUT2D eigenvalue weighted by Gasteiger charge is 2.28. The van der Waals surface area contributed by atoms with Gasteiger partial charge in [0.2, 0.25) is 10.0 Å². The molecule has 1 amide bonds. The van der Waals surface area contributed by atoms with Crippen molar-refractivity contribution in [1.29, 1.82) is 0 Å². The Kier molecular flexibility index (Phi) is 4.66. The molecule has 1 saturated carbocycles. The zero-order chi connectivity index (χ0) is 19.1. The maximum Gasteiger partial charge on any atom is 0.267 e. The molecule has 1 fully saturated rings. The van der Waals surface area contributed by atoms with E-state index in [2.05, 4.69) is 0 Å². The summed E-state index contributed by atoms with van der Waals surface area (Å²) in [7, 11) is -3.93. The highest BCUT2D eigenvalue weighted by molar-refractivity contribution is 7.89. The monoisotopic (exact) mass is 385 g/mol. The van der Waals surface area contributed by atoms with Crippen LogP contribution in [0.5, 0.6) is 11.5 Å². The molecular weight excluding hydrogens is 371 g/mol. The van der Waals surface area contributed by atoms with Gasteiger partial charge in [0.15, 0.2) is 11.6 Å². The van der Waals surface area contributed by atoms with E-state index in [4.69, 9.17) is 4.74 Å². The first-order valence-electron chi connectivity index (χ1n) is 7.62. The van der Waals surface area contributed by atoms with E-state index in [0.29, 0.717) is 24.0 Å². The van der Waals surface area contributed by atoms with Gasteiger partial charge in [-0.2, -0.15) is 0 Å². The number of carbonyl (C=O) groups is 1. The molecule has 0 atom stereocenters. The first-order valence-corrected chi connectivity index (χ1v) is 9.51. The van der Waals surface area contributed by atoms with Gasteiger partial charge >= 0.3 is 0 Å². The Balaban J connectivity index is 1.91. The molecule has 3 rings (SSSR count). The van der Waals surface area contributed by atoms with Gasteiger partial charge in [-0.05, 0) is 43.0 Å². The predicted octanol–water partition coefficient (Wildman–Crippen LogP) is 3.46. The lowest BCUT2D eigenvalue weighted by Gasteiger charge is -2.13. The zero-order valence-electron chi connectivity index (χ0n) is 13.6. The predicted molar refractivity (Wildman–Crippen MR) is 87.1 cm³/mol. The third-order valence-electron chi connectivity index (χ3n) is 3.75. The molecule has 1 aliphatic rings. The number of nitrogens with one attached hydrogen (secondary N) is 1. The molecular formula is C17H14F3NO4S. The van der Waals surface area contributed by atoms with Crippen LogP contribution in [0.4, 0.5) is 13.2 Å². The van der Waals surface area contributed by atoms with Crippen molar-refractivity contribution in [1.82, 2.24) is 4.72 Å². The van der Waals surface area contributed by atoms with E-state index < -0.39 is 44.7 Å². The average Bonchev–Trinajstić information content (AvgIpc) is 3.35. The van der Waals surface area contributed by atoms with Crippen molar-refractivity contribution in [3.8, 4) is 11.5 Å². The molecule has 0 heterocycles. The van der Waals surface area contributed by atoms with E-state index in [1.165, 1.54) is 12.1 Å². The van der Waals surface area contributed by atoms with Gasteiger partial charge in [0, 0.05) is 11.6 Å². The molecule has 9 heteroatoms. The number of rotatable bonds is 5. The van der Waals surface area contributed by atoms with Crippen molar-refractivity contribution >= 4 is 15.9 Å². The van der Waals surface area contributed by atoms with Gasteiger partial charge in [-0.3, -0.25) is 4.79 Å². The standard InChI is InChI=1S/C17H14F3NO4S/c1-26(23,24)21-17(22)12-7-14(20)16(8-13(12)19)25-15-5-4-10(18)6-11(15)9-2-3-9/h4-9H,2-3H2,1H3,(H,21,22). The number of amides is 1. The van der Waals surface area contributed by atoms with Gasteiger partial charge in [0.05, 0.1) is 11.8 Å². The van der Waals surface area contributed by atoms with E-state index >= 15 is 0 Å². The van der Waals surface area contributed by atoms with Crippen molar-refractivity contribution in [2.75, 3.05) is 6.26 Å². The normalized spacial score (nSPS) is 14.2. The molecule has 0 unspecified atom stereocenters. The molecule has 2 aromatic rings. The highest BCUT2D eigenvalue weighted by atomic mass is 32.2. The Morgan fingerprint density at radius 1 is 1.08 bits per heavy atom. The van der Waals surface area contributed by atoms with Gasteiger partial charge in [-0.25, -0.2) is 26.3 Å². The molecule has 5 nitrogen and oxygen atoms in total. The van der Waals surface area contributed by atoms with E-state index in [-0.39, 0.29) is 11.7 Å². The SMILES string of the molecule is CS(=O)(=O)NC(=O)c1cc(F)c(Oc2ccc(F)cc2C2CC2)cc1F. The smallest absolute Gasteiger partial charge is 0.267 e. The van der Waals surface area contributed by atoms with Gasteiger partial charge in [-0.1, -0.05) is 0 Å². The summed E-state index contributed by atoms with van der Waals surface area (Å²) in [5, 5.41) is 0. The van der Waals surface area contributed by atoms with Crippen LogP contribution in [0.25, 0.3) is 0 Å². The van der Waals surface area contributed by atoms with Crippen LogP contribution in [0, 0.1) is 17.5 Å². The van der Waals surface area contributed by atoms with Crippen LogP contribution >= 0.6 is 0 Å². The molecule has 138 valence electrons. The zero-order valence-corrected chi connectivity index (χ0v) is 14.4. The topological polar surface area (TPSA) is 72.5 Å². The molecule has 1 N–H and O–H groups in total. The number of hydrogen-bond acceptors (Lipinski definition) is 4. The minimum absolute atomic E-state index is 0.105. The Morgan fingerprint density at radius 3 is 2.38 bits per heavy atom. The van der Waals surface area contributed by atoms with Crippen LogP contribution in [0.2, 0.25) is 0 Å². The molecule has 0 saturated heterocycles. The molecule has 0 aliphatic heterocycles. The summed E-state index contributed by atoms with van der Waals surface area (Å²) in [6.45, 7) is 0. The molecule has 0 spiro atoms. The number of ether oxygens (including phenoxy) is 1. The fraction of sp³-hybridized carbons (Fsp3) is 0.235. The Hall–Kier alpha value is -2.55. The van der Waals surface area contributed by atoms with Crippen molar-refractivity contribution in [3.63, 3.8) is 0 Å². The van der Waals surface area contributed by atoms with Crippen LogP contribution in [0.3, 0.4) is 0 Å². The summed E-state index contributed by atoms with van der Waals surface area (Å²) in [6, 6.07) is 4.95. The Bertz CT molecular complexity index is 988. The Morgan fingerprint density at radius 2 is 1.77 bits per heavy atom. The lowest BCUT2D eigenvalue weighted by Crippen LogP contribution is -2.30. The summed E-state index contributed by atoms with van der Waals surface area (Å²) in [4.78, 5) is 11.7. The highest BCUT2D eigenvalue weighted by Crippen LogP contribution is 2.45. The molecule has 0 radical (unpaired) electrons. The minimum Gasteiger partial charge on any atom is -0.454 e. The van der Waals surface area contributed by atoms with Crippen molar-refractivity contribution in [2.24, 2.45) is 0 Å². The third kappa shape index (κ3) is 4.16. The molecule has 0 bridgehead atoms. The van der Waals surface area contributed by atoms with E-state index in [1.54, 1.807) is 4.72 Å². The van der Waals surface area contributed by atoms with Crippen LogP contribution in [-0.4, -0.2) is 20.6 Å². The largest absolute Gasteiger partial charge is 0.454 e. The number of hydrogen-bond donors (Lipinski definition) is 1. The quantitative estimate of drug-likeness (QED) is 0.856. The van der Waals surface area contributed by atoms with Crippen LogP contribution in [0.1, 0.15) is 34.7 Å². The van der Waals surface area contributed by atoms with Crippen LogP contribution in [-0.2, 0) is 10.0 Å². The Labute approximate surface area is 147 Å². The number of benzene rings is 2. The molecule has 1 aliphatic carbocycles. The molecule has 0 aromatic heterocycles. The average molecular weight is 385 g/mol. The number of sulfonamides is 1. The summed E-state index contributed by atoms with van der Waals surface area (Å²) in [5.74, 6) is -4.16. The lowest BCUT2D eigenvalue weighted by atomic mass is 10.1. The van der Waals surface area contributed by atoms with Gasteiger partial charge in [0.25, 0.3) is 5.91 Å². The summed E-state index contributed by atoms with van der Waals surface area (Å²) in [6.07, 6.45) is 2.41. The van der Waals surface area contributed by atoms with Crippen molar-refractivity contribution in [3.05, 3.63) is 58.9 Å². The van der Waals surface area contributed by atoms with E-state index in [0.717, 1.165) is 18.9 Å². The second-order valence-electron chi connectivity index (χ2n) is 6.02. The van der Waals surface area contributed by atoms with E-state index in [9.17, 15) is 26.4 Å². The second-order valence-corrected chi connectivity index (χ2v) is 7.77. The fourth-order valence-electron chi connectivity index (χ4n) is 2.45. The van der Waals surface area contributed by atoms with Crippen LogP contribution in [0.15, 0.2) is 30.3 Å². The molecule has 26 heavy (non-hydrogen) atoms. The first-order chi connectivity index (χ1) is 12.1. The fourth-order valence-corrected chi connectivity index (χ4v) is 2.89. The van der Waals surface area contributed by atoms with Gasteiger partial charge < -0.3 is 4.74 Å². The van der Waals surface area contributed by atoms with Crippen LogP contribution < -0.4 is 9.46 Å². The lowest BCUT2D eigenvalue weighted by molar-refractivity contribution is 0.0977.